The fourth-order valence-electron chi connectivity index (χ4n) is 5.67. The van der Waals surface area contributed by atoms with Gasteiger partial charge in [-0.05, 0) is 24.6 Å². The second-order valence-corrected chi connectivity index (χ2v) is 9.39. The zero-order valence-electron chi connectivity index (χ0n) is 19.5. The van der Waals surface area contributed by atoms with Crippen molar-refractivity contribution in [3.05, 3.63) is 107 Å². The molecule has 0 N–H and O–H groups in total. The molecule has 6 heteroatoms. The highest BCUT2D eigenvalue weighted by Crippen LogP contribution is 2.45. The molecular formula is C29H25FN2O3. The van der Waals surface area contributed by atoms with Crippen LogP contribution in [0.3, 0.4) is 0 Å². The van der Waals surface area contributed by atoms with Gasteiger partial charge in [-0.3, -0.25) is 4.79 Å². The van der Waals surface area contributed by atoms with E-state index in [2.05, 4.69) is 22.8 Å². The van der Waals surface area contributed by atoms with Crippen LogP contribution in [0.25, 0.3) is 10.9 Å². The van der Waals surface area contributed by atoms with Crippen molar-refractivity contribution in [2.45, 2.75) is 31.9 Å². The van der Waals surface area contributed by atoms with Crippen LogP contribution in [0.2, 0.25) is 0 Å². The fourth-order valence-corrected chi connectivity index (χ4v) is 5.67. The molecule has 1 amide bonds. The van der Waals surface area contributed by atoms with Crippen LogP contribution in [0.4, 0.5) is 4.39 Å². The molecule has 6 rings (SSSR count). The minimum atomic E-state index is -0.859. The first kappa shape index (κ1) is 21.6. The smallest absolute Gasteiger partial charge is 0.342 e. The summed E-state index contributed by atoms with van der Waals surface area (Å²) in [5, 5.41) is 0.936. The van der Waals surface area contributed by atoms with Gasteiger partial charge in [-0.1, -0.05) is 60.7 Å². The third kappa shape index (κ3) is 3.35. The van der Waals surface area contributed by atoms with Crippen LogP contribution in [0, 0.1) is 12.7 Å². The summed E-state index contributed by atoms with van der Waals surface area (Å²) in [5.41, 5.74) is 3.62. The van der Waals surface area contributed by atoms with E-state index in [1.165, 1.54) is 11.6 Å². The normalized spacial score (nSPS) is 16.5. The SMILES string of the molecule is Cc1c(C(=O)N2CCC3(CC2)OC(=O)c2c(F)cccc23)c2ccccc2n1Cc1ccccc1. The zero-order chi connectivity index (χ0) is 24.2. The number of fused-ring (bicyclic) bond motifs is 3. The average molecular weight is 469 g/mol. The maximum Gasteiger partial charge on any atom is 0.342 e. The number of nitrogens with zero attached hydrogens (tertiary/aromatic N) is 2. The molecule has 0 saturated carbocycles. The van der Waals surface area contributed by atoms with Crippen LogP contribution in [-0.4, -0.2) is 34.4 Å². The lowest BCUT2D eigenvalue weighted by Gasteiger charge is -2.38. The molecule has 1 aromatic heterocycles. The highest BCUT2D eigenvalue weighted by atomic mass is 19.1. The molecule has 0 bridgehead atoms. The van der Waals surface area contributed by atoms with Gasteiger partial charge in [0.15, 0.2) is 0 Å². The number of hydrogen-bond donors (Lipinski definition) is 0. The van der Waals surface area contributed by atoms with Gasteiger partial charge in [-0.2, -0.15) is 0 Å². The van der Waals surface area contributed by atoms with E-state index < -0.39 is 17.4 Å². The molecule has 1 saturated heterocycles. The molecule has 5 nitrogen and oxygen atoms in total. The second-order valence-electron chi connectivity index (χ2n) is 9.39. The highest BCUT2D eigenvalue weighted by Gasteiger charge is 2.49. The lowest BCUT2D eigenvalue weighted by Crippen LogP contribution is -2.45. The van der Waals surface area contributed by atoms with Crippen LogP contribution in [0.5, 0.6) is 0 Å². The minimum Gasteiger partial charge on any atom is -0.450 e. The number of esters is 1. The number of carbonyl (C=O) groups is 2. The zero-order valence-corrected chi connectivity index (χ0v) is 19.5. The van der Waals surface area contributed by atoms with E-state index in [-0.39, 0.29) is 11.5 Å². The Kier molecular flexibility index (Phi) is 4.99. The predicted molar refractivity (Wildman–Crippen MR) is 131 cm³/mol. The molecular weight excluding hydrogens is 443 g/mol. The van der Waals surface area contributed by atoms with Crippen LogP contribution >= 0.6 is 0 Å². The number of amides is 1. The van der Waals surface area contributed by atoms with Gasteiger partial charge in [-0.25, -0.2) is 9.18 Å². The number of ether oxygens (including phenoxy) is 1. The Bertz CT molecular complexity index is 1470. The van der Waals surface area contributed by atoms with Gasteiger partial charge >= 0.3 is 5.97 Å². The molecule has 3 heterocycles. The molecule has 2 aliphatic rings. The lowest BCUT2D eigenvalue weighted by molar-refractivity contribution is -0.0389. The minimum absolute atomic E-state index is 0.0239. The van der Waals surface area contributed by atoms with E-state index in [9.17, 15) is 14.0 Å². The number of rotatable bonds is 3. The Labute approximate surface area is 202 Å². The summed E-state index contributed by atoms with van der Waals surface area (Å²) in [4.78, 5) is 28.0. The molecule has 4 aromatic rings. The summed E-state index contributed by atoms with van der Waals surface area (Å²) < 4.78 is 22.2. The number of aromatic nitrogens is 1. The summed E-state index contributed by atoms with van der Waals surface area (Å²) in [5.74, 6) is -1.19. The van der Waals surface area contributed by atoms with Gasteiger partial charge in [0.2, 0.25) is 0 Å². The topological polar surface area (TPSA) is 51.5 Å². The first-order valence-electron chi connectivity index (χ1n) is 11.9. The Hall–Kier alpha value is -3.93. The maximum atomic E-state index is 14.3. The second kappa shape index (κ2) is 8.08. The largest absolute Gasteiger partial charge is 0.450 e. The van der Waals surface area contributed by atoms with E-state index in [1.807, 2.05) is 48.2 Å². The van der Waals surface area contributed by atoms with Crippen LogP contribution in [0.1, 0.15) is 50.4 Å². The Morgan fingerprint density at radius 1 is 0.971 bits per heavy atom. The Morgan fingerprint density at radius 3 is 2.46 bits per heavy atom. The molecule has 3 aromatic carbocycles. The number of carbonyl (C=O) groups excluding carboxylic acids is 2. The summed E-state index contributed by atoms with van der Waals surface area (Å²) in [6.45, 7) is 3.54. The van der Waals surface area contributed by atoms with Gasteiger partial charge in [0, 0.05) is 54.6 Å². The summed E-state index contributed by atoms with van der Waals surface area (Å²) in [6, 6.07) is 22.9. The first-order valence-corrected chi connectivity index (χ1v) is 11.9. The molecule has 176 valence electrons. The Morgan fingerprint density at radius 2 is 1.69 bits per heavy atom. The number of benzene rings is 3. The summed E-state index contributed by atoms with van der Waals surface area (Å²) in [7, 11) is 0. The van der Waals surface area contributed by atoms with E-state index in [4.69, 9.17) is 4.74 Å². The van der Waals surface area contributed by atoms with Crippen molar-refractivity contribution >= 4 is 22.8 Å². The quantitative estimate of drug-likeness (QED) is 0.376. The van der Waals surface area contributed by atoms with Gasteiger partial charge < -0.3 is 14.2 Å². The highest BCUT2D eigenvalue weighted by molar-refractivity contribution is 6.08. The number of halogens is 1. The van der Waals surface area contributed by atoms with Crippen LogP contribution in [-0.2, 0) is 16.9 Å². The van der Waals surface area contributed by atoms with Gasteiger partial charge in [-0.15, -0.1) is 0 Å². The van der Waals surface area contributed by atoms with Gasteiger partial charge in [0.25, 0.3) is 5.91 Å². The van der Waals surface area contributed by atoms with Crippen molar-refractivity contribution < 1.29 is 18.7 Å². The van der Waals surface area contributed by atoms with Crippen molar-refractivity contribution in [3.8, 4) is 0 Å². The van der Waals surface area contributed by atoms with Crippen LogP contribution < -0.4 is 0 Å². The number of likely N-dealkylation sites (tertiary alicyclic amines) is 1. The molecule has 2 aliphatic heterocycles. The van der Waals surface area contributed by atoms with Crippen molar-refractivity contribution in [2.24, 2.45) is 0 Å². The van der Waals surface area contributed by atoms with E-state index in [1.54, 1.807) is 12.1 Å². The van der Waals surface area contributed by atoms with Crippen molar-refractivity contribution in [3.63, 3.8) is 0 Å². The third-order valence-electron chi connectivity index (χ3n) is 7.48. The van der Waals surface area contributed by atoms with E-state index in [0.29, 0.717) is 43.6 Å². The predicted octanol–water partition coefficient (Wildman–Crippen LogP) is 5.44. The lowest BCUT2D eigenvalue weighted by atomic mass is 9.83. The van der Waals surface area contributed by atoms with Crippen molar-refractivity contribution in [1.29, 1.82) is 0 Å². The molecule has 0 aliphatic carbocycles. The van der Waals surface area contributed by atoms with E-state index in [0.717, 1.165) is 16.6 Å². The molecule has 35 heavy (non-hydrogen) atoms. The van der Waals surface area contributed by atoms with E-state index >= 15 is 0 Å². The molecule has 0 unspecified atom stereocenters. The Balaban J connectivity index is 1.30. The number of piperidine rings is 1. The van der Waals surface area contributed by atoms with Crippen molar-refractivity contribution in [1.82, 2.24) is 9.47 Å². The summed E-state index contributed by atoms with van der Waals surface area (Å²) in [6.07, 6.45) is 0.894. The maximum absolute atomic E-state index is 14.3. The standard InChI is InChI=1S/C29H25FN2O3/c1-19-25(21-10-5-6-13-24(21)32(19)18-20-8-3-2-4-9-20)27(33)31-16-14-29(15-17-31)22-11-7-12-23(30)26(22)28(34)35-29/h2-13H,14-18H2,1H3. The number of para-hydroxylation sites is 1. The molecule has 1 fully saturated rings. The number of hydrogen-bond acceptors (Lipinski definition) is 3. The van der Waals surface area contributed by atoms with Gasteiger partial charge in [0.1, 0.15) is 17.0 Å². The molecule has 0 radical (unpaired) electrons. The van der Waals surface area contributed by atoms with Crippen molar-refractivity contribution in [2.75, 3.05) is 13.1 Å². The third-order valence-corrected chi connectivity index (χ3v) is 7.48. The molecule has 1 spiro atoms. The average Bonchev–Trinajstić information content (AvgIpc) is 3.31. The van der Waals surface area contributed by atoms with Gasteiger partial charge in [0.05, 0.1) is 5.56 Å². The fraction of sp³-hybridized carbons (Fsp3) is 0.241. The molecule has 0 atom stereocenters. The summed E-state index contributed by atoms with van der Waals surface area (Å²) >= 11 is 0. The monoisotopic (exact) mass is 468 g/mol. The van der Waals surface area contributed by atoms with Crippen LogP contribution in [0.15, 0.2) is 72.8 Å². The first-order chi connectivity index (χ1) is 17.0.